The predicted molar refractivity (Wildman–Crippen MR) is 92.9 cm³/mol. The number of ether oxygens (including phenoxy) is 2. The first-order chi connectivity index (χ1) is 11.6. The molecular weight excluding hydrogens is 304 g/mol. The van der Waals surface area contributed by atoms with Crippen LogP contribution in [-0.2, 0) is 29.0 Å². The molecule has 0 spiro atoms. The van der Waals surface area contributed by atoms with Crippen molar-refractivity contribution < 1.29 is 14.3 Å². The molecule has 126 valence electrons. The van der Waals surface area contributed by atoms with Crippen molar-refractivity contribution in [2.45, 2.75) is 25.9 Å². The smallest absolute Gasteiger partial charge is 0.308 e. The van der Waals surface area contributed by atoms with E-state index < -0.39 is 0 Å². The number of aryl methyl sites for hydroxylation is 1. The third kappa shape index (κ3) is 3.10. The van der Waals surface area contributed by atoms with Gasteiger partial charge in [0.25, 0.3) is 0 Å². The van der Waals surface area contributed by atoms with Crippen LogP contribution < -0.4 is 4.74 Å². The van der Waals surface area contributed by atoms with Crippen LogP contribution in [0.4, 0.5) is 0 Å². The molecule has 0 bridgehead atoms. The lowest BCUT2D eigenvalue weighted by molar-refractivity contribution is -0.142. The van der Waals surface area contributed by atoms with Gasteiger partial charge in [-0.3, -0.25) is 4.79 Å². The lowest BCUT2D eigenvalue weighted by Gasteiger charge is -2.24. The zero-order chi connectivity index (χ0) is 17.1. The van der Waals surface area contributed by atoms with Gasteiger partial charge in [-0.2, -0.15) is 0 Å². The lowest BCUT2D eigenvalue weighted by Crippen LogP contribution is -2.27. The van der Waals surface area contributed by atoms with Gasteiger partial charge in [0.15, 0.2) is 6.61 Å². The molecule has 1 aromatic carbocycles. The summed E-state index contributed by atoms with van der Waals surface area (Å²) in [6.07, 6.45) is 6.42. The largest absolute Gasteiger partial charge is 0.497 e. The fourth-order valence-corrected chi connectivity index (χ4v) is 3.34. The van der Waals surface area contributed by atoms with E-state index in [0.717, 1.165) is 30.8 Å². The van der Waals surface area contributed by atoms with Gasteiger partial charge in [-0.25, -0.2) is 0 Å². The van der Waals surface area contributed by atoms with E-state index in [1.54, 1.807) is 7.11 Å². The Balaban J connectivity index is 1.95. The maximum atomic E-state index is 11.8. The molecular formula is C19H22N2O3. The van der Waals surface area contributed by atoms with Crippen molar-refractivity contribution in [3.63, 3.8) is 0 Å². The maximum Gasteiger partial charge on any atom is 0.308 e. The third-order valence-corrected chi connectivity index (χ3v) is 4.51. The summed E-state index contributed by atoms with van der Waals surface area (Å²) >= 11 is 0. The van der Waals surface area contributed by atoms with Crippen LogP contribution in [-0.4, -0.2) is 42.7 Å². The summed E-state index contributed by atoms with van der Waals surface area (Å²) in [5.74, 6) is 2.91. The van der Waals surface area contributed by atoms with Crippen molar-refractivity contribution in [1.82, 2.24) is 9.47 Å². The molecule has 3 rings (SSSR count). The molecule has 1 aromatic heterocycles. The lowest BCUT2D eigenvalue weighted by atomic mass is 10.0. The highest BCUT2D eigenvalue weighted by Gasteiger charge is 2.23. The number of carbonyl (C=O) groups is 1. The minimum atomic E-state index is -0.259. The second-order valence-electron chi connectivity index (χ2n) is 6.06. The van der Waals surface area contributed by atoms with Crippen LogP contribution in [0.15, 0.2) is 18.2 Å². The average Bonchev–Trinajstić information content (AvgIpc) is 2.90. The van der Waals surface area contributed by atoms with Crippen molar-refractivity contribution in [3.05, 3.63) is 29.5 Å². The Morgan fingerprint density at radius 2 is 2.25 bits per heavy atom. The van der Waals surface area contributed by atoms with E-state index >= 15 is 0 Å². The number of fused-ring (bicyclic) bond motifs is 3. The normalized spacial score (nSPS) is 14.2. The molecule has 0 atom stereocenters. The molecule has 1 aliphatic heterocycles. The van der Waals surface area contributed by atoms with E-state index in [4.69, 9.17) is 15.9 Å². The molecule has 0 saturated carbocycles. The van der Waals surface area contributed by atoms with E-state index in [2.05, 4.69) is 34.6 Å². The molecule has 2 heterocycles. The summed E-state index contributed by atoms with van der Waals surface area (Å²) in [7, 11) is 3.81. The number of hydrogen-bond acceptors (Lipinski definition) is 4. The summed E-state index contributed by atoms with van der Waals surface area (Å²) in [5, 5.41) is 1.20. The number of esters is 1. The number of hydrogen-bond donors (Lipinski definition) is 0. The molecule has 0 unspecified atom stereocenters. The zero-order valence-electron chi connectivity index (χ0n) is 14.2. The Hall–Kier alpha value is -2.45. The highest BCUT2D eigenvalue weighted by Crippen LogP contribution is 2.33. The predicted octanol–water partition coefficient (Wildman–Crippen LogP) is 2.20. The second-order valence-corrected chi connectivity index (χ2v) is 6.06. The van der Waals surface area contributed by atoms with E-state index in [-0.39, 0.29) is 12.6 Å². The quantitative estimate of drug-likeness (QED) is 0.624. The van der Waals surface area contributed by atoms with Gasteiger partial charge in [-0.15, -0.1) is 6.42 Å². The maximum absolute atomic E-state index is 11.8. The van der Waals surface area contributed by atoms with Crippen LogP contribution in [0.5, 0.6) is 5.75 Å². The highest BCUT2D eigenvalue weighted by molar-refractivity contribution is 5.87. The molecule has 5 nitrogen and oxygen atoms in total. The molecule has 0 fully saturated rings. The van der Waals surface area contributed by atoms with Gasteiger partial charge in [0.1, 0.15) is 5.75 Å². The van der Waals surface area contributed by atoms with Gasteiger partial charge in [0.05, 0.1) is 13.5 Å². The number of likely N-dealkylation sites (N-methyl/N-ethyl adjacent to an activating group) is 1. The van der Waals surface area contributed by atoms with Crippen LogP contribution in [0.1, 0.15) is 17.7 Å². The second kappa shape index (κ2) is 6.98. The topological polar surface area (TPSA) is 43.7 Å². The van der Waals surface area contributed by atoms with Crippen molar-refractivity contribution in [2.24, 2.45) is 0 Å². The summed E-state index contributed by atoms with van der Waals surface area (Å²) in [5.41, 5.74) is 3.77. The average molecular weight is 326 g/mol. The van der Waals surface area contributed by atoms with Crippen molar-refractivity contribution >= 4 is 16.9 Å². The Morgan fingerprint density at radius 1 is 1.42 bits per heavy atom. The Bertz CT molecular complexity index is 801. The van der Waals surface area contributed by atoms with E-state index in [1.807, 2.05) is 6.07 Å². The van der Waals surface area contributed by atoms with Gasteiger partial charge in [0, 0.05) is 42.7 Å². The summed E-state index contributed by atoms with van der Waals surface area (Å²) in [6.45, 7) is 2.56. The van der Waals surface area contributed by atoms with Gasteiger partial charge in [0.2, 0.25) is 0 Å². The summed E-state index contributed by atoms with van der Waals surface area (Å²) in [4.78, 5) is 14.1. The number of rotatable bonds is 5. The van der Waals surface area contributed by atoms with Crippen LogP contribution in [0, 0.1) is 12.3 Å². The van der Waals surface area contributed by atoms with Gasteiger partial charge in [-0.1, -0.05) is 5.92 Å². The van der Waals surface area contributed by atoms with E-state index in [1.165, 1.54) is 16.6 Å². The van der Waals surface area contributed by atoms with Crippen LogP contribution in [0.25, 0.3) is 10.9 Å². The Morgan fingerprint density at radius 3 is 3.00 bits per heavy atom. The number of nitrogens with zero attached hydrogens (tertiary/aromatic N) is 2. The first kappa shape index (κ1) is 16.4. The highest BCUT2D eigenvalue weighted by atomic mass is 16.5. The number of aromatic nitrogens is 1. The van der Waals surface area contributed by atoms with Crippen molar-refractivity contribution in [1.29, 1.82) is 0 Å². The molecule has 0 amide bonds. The fourth-order valence-electron chi connectivity index (χ4n) is 3.34. The molecule has 24 heavy (non-hydrogen) atoms. The third-order valence-electron chi connectivity index (χ3n) is 4.51. The Kier molecular flexibility index (Phi) is 4.77. The minimum Gasteiger partial charge on any atom is -0.497 e. The van der Waals surface area contributed by atoms with Crippen LogP contribution >= 0.6 is 0 Å². The standard InChI is InChI=1S/C19H22N2O3/c1-4-11-24-19(22)8-10-21-17-6-5-14(23-3)12-15(17)16-13-20(2)9-7-18(16)21/h1,5-6,12H,7-11,13H2,2-3H3. The Labute approximate surface area is 142 Å². The van der Waals surface area contributed by atoms with Crippen molar-refractivity contribution in [3.8, 4) is 18.1 Å². The molecule has 5 heteroatoms. The van der Waals surface area contributed by atoms with Gasteiger partial charge >= 0.3 is 5.97 Å². The molecule has 2 aromatic rings. The SMILES string of the molecule is C#CCOC(=O)CCn1c2c(c3cc(OC)ccc31)CN(C)CC2. The molecule has 0 saturated heterocycles. The zero-order valence-corrected chi connectivity index (χ0v) is 14.2. The molecule has 1 aliphatic rings. The molecule has 0 N–H and O–H groups in total. The van der Waals surface area contributed by atoms with Crippen LogP contribution in [0.2, 0.25) is 0 Å². The van der Waals surface area contributed by atoms with E-state index in [9.17, 15) is 4.79 Å². The number of methoxy groups -OCH3 is 1. The first-order valence-electron chi connectivity index (χ1n) is 8.09. The number of carbonyl (C=O) groups excluding carboxylic acids is 1. The minimum absolute atomic E-state index is 0.0331. The van der Waals surface area contributed by atoms with Gasteiger partial charge in [-0.05, 0) is 30.8 Å². The van der Waals surface area contributed by atoms with Crippen molar-refractivity contribution in [2.75, 3.05) is 27.3 Å². The summed E-state index contributed by atoms with van der Waals surface area (Å²) < 4.78 is 12.6. The molecule has 0 aliphatic carbocycles. The molecule has 0 radical (unpaired) electrons. The monoisotopic (exact) mass is 326 g/mol. The number of benzene rings is 1. The van der Waals surface area contributed by atoms with Crippen LogP contribution in [0.3, 0.4) is 0 Å². The summed E-state index contributed by atoms with van der Waals surface area (Å²) in [6, 6.07) is 6.12. The van der Waals surface area contributed by atoms with Gasteiger partial charge < -0.3 is 18.9 Å². The fraction of sp³-hybridized carbons (Fsp3) is 0.421. The first-order valence-corrected chi connectivity index (χ1v) is 8.09. The number of terminal acetylenes is 1. The van der Waals surface area contributed by atoms with E-state index in [0.29, 0.717) is 13.0 Å².